The van der Waals surface area contributed by atoms with Crippen molar-refractivity contribution in [3.63, 3.8) is 0 Å². The molecule has 0 radical (unpaired) electrons. The van der Waals surface area contributed by atoms with Gasteiger partial charge in [-0.2, -0.15) is 0 Å². The first-order valence-electron chi connectivity index (χ1n) is 6.66. The van der Waals surface area contributed by atoms with Gasteiger partial charge in [-0.1, -0.05) is 13.0 Å². The molecule has 1 atom stereocenters. The van der Waals surface area contributed by atoms with Gasteiger partial charge < -0.3 is 10.5 Å². The average molecular weight is 294 g/mol. The number of aromatic nitrogens is 1. The fourth-order valence-electron chi connectivity index (χ4n) is 1.84. The molecule has 0 fully saturated rings. The summed E-state index contributed by atoms with van der Waals surface area (Å²) >= 11 is 1.51. The molecule has 0 aliphatic carbocycles. The molecule has 1 heterocycles. The van der Waals surface area contributed by atoms with Crippen LogP contribution in [0.2, 0.25) is 0 Å². The Kier molecular flexibility index (Phi) is 5.09. The van der Waals surface area contributed by atoms with Gasteiger partial charge in [0.15, 0.2) is 11.6 Å². The molecule has 5 heteroatoms. The van der Waals surface area contributed by atoms with Crippen LogP contribution in [0.1, 0.15) is 29.6 Å². The maximum absolute atomic E-state index is 13.9. The number of benzene rings is 1. The van der Waals surface area contributed by atoms with E-state index in [2.05, 4.69) is 4.98 Å². The number of thiazole rings is 1. The molecule has 1 aromatic carbocycles. The third-order valence-electron chi connectivity index (χ3n) is 3.04. The van der Waals surface area contributed by atoms with Crippen LogP contribution in [0.5, 0.6) is 5.75 Å². The zero-order valence-electron chi connectivity index (χ0n) is 11.7. The van der Waals surface area contributed by atoms with Gasteiger partial charge in [-0.3, -0.25) is 0 Å². The number of nitrogens with two attached hydrogens (primary N) is 1. The summed E-state index contributed by atoms with van der Waals surface area (Å²) in [5.41, 5.74) is 7.72. The van der Waals surface area contributed by atoms with Crippen molar-refractivity contribution in [2.45, 2.75) is 39.3 Å². The maximum Gasteiger partial charge on any atom is 0.165 e. The Morgan fingerprint density at radius 2 is 2.25 bits per heavy atom. The van der Waals surface area contributed by atoms with Gasteiger partial charge in [-0.15, -0.1) is 11.3 Å². The van der Waals surface area contributed by atoms with Crippen molar-refractivity contribution >= 4 is 11.3 Å². The van der Waals surface area contributed by atoms with Crippen LogP contribution in [-0.2, 0) is 13.0 Å². The van der Waals surface area contributed by atoms with Crippen molar-refractivity contribution in [1.82, 2.24) is 4.98 Å². The van der Waals surface area contributed by atoms with E-state index in [-0.39, 0.29) is 17.6 Å². The third-order valence-corrected chi connectivity index (χ3v) is 3.98. The Balaban J connectivity index is 1.98. The van der Waals surface area contributed by atoms with Crippen LogP contribution in [0.15, 0.2) is 23.6 Å². The van der Waals surface area contributed by atoms with Crippen molar-refractivity contribution in [2.24, 2.45) is 5.73 Å². The molecule has 1 aromatic heterocycles. The standard InChI is InChI=1S/C15H19FN2OS/c1-3-12(17)6-11-4-5-14(13(16)7-11)19-8-15-18-10(2)9-20-15/h4-5,7,9,12H,3,6,8,17H2,1-2H3. The molecule has 0 spiro atoms. The molecule has 20 heavy (non-hydrogen) atoms. The summed E-state index contributed by atoms with van der Waals surface area (Å²) in [6, 6.07) is 5.09. The quantitative estimate of drug-likeness (QED) is 0.887. The SMILES string of the molecule is CCC(N)Cc1ccc(OCc2nc(C)cs2)c(F)c1. The minimum Gasteiger partial charge on any atom is -0.483 e. The van der Waals surface area contributed by atoms with Crippen molar-refractivity contribution < 1.29 is 9.13 Å². The Labute approximate surface area is 122 Å². The number of aryl methyl sites for hydroxylation is 1. The van der Waals surface area contributed by atoms with Crippen molar-refractivity contribution in [2.75, 3.05) is 0 Å². The van der Waals surface area contributed by atoms with E-state index in [4.69, 9.17) is 10.5 Å². The number of halogens is 1. The normalized spacial score (nSPS) is 12.4. The molecule has 0 saturated carbocycles. The fraction of sp³-hybridized carbons (Fsp3) is 0.400. The Hall–Kier alpha value is -1.46. The van der Waals surface area contributed by atoms with E-state index >= 15 is 0 Å². The van der Waals surface area contributed by atoms with Gasteiger partial charge in [0, 0.05) is 17.1 Å². The summed E-state index contributed by atoms with van der Waals surface area (Å²) < 4.78 is 19.4. The summed E-state index contributed by atoms with van der Waals surface area (Å²) in [5.74, 6) is -0.0919. The minimum atomic E-state index is -0.348. The Morgan fingerprint density at radius 3 is 2.85 bits per heavy atom. The summed E-state index contributed by atoms with van der Waals surface area (Å²) in [6.07, 6.45) is 1.56. The van der Waals surface area contributed by atoms with Gasteiger partial charge >= 0.3 is 0 Å². The first-order valence-corrected chi connectivity index (χ1v) is 7.54. The zero-order valence-corrected chi connectivity index (χ0v) is 12.5. The summed E-state index contributed by atoms with van der Waals surface area (Å²) in [5, 5.41) is 2.79. The zero-order chi connectivity index (χ0) is 14.5. The largest absolute Gasteiger partial charge is 0.483 e. The van der Waals surface area contributed by atoms with E-state index < -0.39 is 0 Å². The lowest BCUT2D eigenvalue weighted by Gasteiger charge is -2.10. The monoisotopic (exact) mass is 294 g/mol. The van der Waals surface area contributed by atoms with E-state index in [1.165, 1.54) is 17.4 Å². The lowest BCUT2D eigenvalue weighted by atomic mass is 10.0. The Bertz CT molecular complexity index is 571. The molecule has 1 unspecified atom stereocenters. The summed E-state index contributed by atoms with van der Waals surface area (Å²) in [4.78, 5) is 4.28. The highest BCUT2D eigenvalue weighted by atomic mass is 32.1. The summed E-state index contributed by atoms with van der Waals surface area (Å²) in [7, 11) is 0. The van der Waals surface area contributed by atoms with Gasteiger partial charge in [0.25, 0.3) is 0 Å². The highest BCUT2D eigenvalue weighted by Crippen LogP contribution is 2.21. The summed E-state index contributed by atoms with van der Waals surface area (Å²) in [6.45, 7) is 4.24. The molecule has 2 rings (SSSR count). The molecule has 2 N–H and O–H groups in total. The molecule has 0 aliphatic heterocycles. The topological polar surface area (TPSA) is 48.1 Å². The van der Waals surface area contributed by atoms with Gasteiger partial charge in [-0.25, -0.2) is 9.37 Å². The minimum absolute atomic E-state index is 0.0689. The van der Waals surface area contributed by atoms with Gasteiger partial charge in [0.1, 0.15) is 11.6 Å². The van der Waals surface area contributed by atoms with Gasteiger partial charge in [0.05, 0.1) is 0 Å². The van der Waals surface area contributed by atoms with Crippen LogP contribution in [0.4, 0.5) is 4.39 Å². The predicted molar refractivity (Wildman–Crippen MR) is 79.6 cm³/mol. The molecule has 2 aromatic rings. The average Bonchev–Trinajstić information content (AvgIpc) is 2.83. The van der Waals surface area contributed by atoms with Crippen LogP contribution in [0, 0.1) is 12.7 Å². The lowest BCUT2D eigenvalue weighted by molar-refractivity contribution is 0.289. The molecule has 0 amide bonds. The molecule has 3 nitrogen and oxygen atoms in total. The Morgan fingerprint density at radius 1 is 1.45 bits per heavy atom. The molecular weight excluding hydrogens is 275 g/mol. The second-order valence-electron chi connectivity index (χ2n) is 4.81. The number of ether oxygens (including phenoxy) is 1. The molecule has 108 valence electrons. The maximum atomic E-state index is 13.9. The first kappa shape index (κ1) is 14.9. The fourth-order valence-corrected chi connectivity index (χ4v) is 2.53. The van der Waals surface area contributed by atoms with Crippen LogP contribution in [0.25, 0.3) is 0 Å². The molecular formula is C15H19FN2OS. The second kappa shape index (κ2) is 6.81. The lowest BCUT2D eigenvalue weighted by Crippen LogP contribution is -2.21. The smallest absolute Gasteiger partial charge is 0.165 e. The van der Waals surface area contributed by atoms with Gasteiger partial charge in [-0.05, 0) is 37.5 Å². The van der Waals surface area contributed by atoms with Crippen LogP contribution < -0.4 is 10.5 Å². The molecule has 0 bridgehead atoms. The number of hydrogen-bond donors (Lipinski definition) is 1. The highest BCUT2D eigenvalue weighted by Gasteiger charge is 2.08. The predicted octanol–water partition coefficient (Wildman–Crippen LogP) is 3.45. The van der Waals surface area contributed by atoms with E-state index in [1.807, 2.05) is 25.3 Å². The van der Waals surface area contributed by atoms with Crippen LogP contribution in [0.3, 0.4) is 0 Å². The van der Waals surface area contributed by atoms with Gasteiger partial charge in [0.2, 0.25) is 0 Å². The second-order valence-corrected chi connectivity index (χ2v) is 5.75. The first-order chi connectivity index (χ1) is 9.58. The molecule has 0 saturated heterocycles. The van der Waals surface area contributed by atoms with Crippen LogP contribution >= 0.6 is 11.3 Å². The van der Waals surface area contributed by atoms with E-state index in [1.54, 1.807) is 6.07 Å². The van der Waals surface area contributed by atoms with E-state index in [0.29, 0.717) is 13.0 Å². The van der Waals surface area contributed by atoms with E-state index in [9.17, 15) is 4.39 Å². The van der Waals surface area contributed by atoms with Crippen molar-refractivity contribution in [3.8, 4) is 5.75 Å². The van der Waals surface area contributed by atoms with Crippen LogP contribution in [-0.4, -0.2) is 11.0 Å². The third kappa shape index (κ3) is 4.02. The number of nitrogens with zero attached hydrogens (tertiary/aromatic N) is 1. The number of rotatable bonds is 6. The van der Waals surface area contributed by atoms with E-state index in [0.717, 1.165) is 22.7 Å². The molecule has 0 aliphatic rings. The van der Waals surface area contributed by atoms with Crippen molar-refractivity contribution in [3.05, 3.63) is 45.7 Å². The highest BCUT2D eigenvalue weighted by molar-refractivity contribution is 7.09. The number of hydrogen-bond acceptors (Lipinski definition) is 4. The van der Waals surface area contributed by atoms with Crippen molar-refractivity contribution in [1.29, 1.82) is 0 Å².